The van der Waals surface area contributed by atoms with E-state index in [1.165, 1.54) is 11.1 Å². The van der Waals surface area contributed by atoms with Crippen molar-refractivity contribution in [1.29, 1.82) is 0 Å². The Kier molecular flexibility index (Phi) is 7.83. The highest BCUT2D eigenvalue weighted by molar-refractivity contribution is 6.01. The van der Waals surface area contributed by atoms with Gasteiger partial charge in [-0.15, -0.1) is 0 Å². The molecule has 6 nitrogen and oxygen atoms in total. The Bertz CT molecular complexity index is 1510. The number of aliphatic imine (C=N–C) groups is 1. The van der Waals surface area contributed by atoms with Crippen LogP contribution in [-0.2, 0) is 11.3 Å². The van der Waals surface area contributed by atoms with Gasteiger partial charge >= 0.3 is 0 Å². The third-order valence-corrected chi connectivity index (χ3v) is 8.07. The van der Waals surface area contributed by atoms with E-state index >= 15 is 0 Å². The maximum Gasteiger partial charge on any atom is 0.222 e. The van der Waals surface area contributed by atoms with Crippen molar-refractivity contribution in [2.75, 3.05) is 38.1 Å². The van der Waals surface area contributed by atoms with Crippen LogP contribution in [0.3, 0.4) is 0 Å². The van der Waals surface area contributed by atoms with Crippen molar-refractivity contribution in [2.24, 2.45) is 4.99 Å². The SMILES string of the molecule is Cc1ccc(CNC(=O)CC2c3ccccc3N=C(N3CCN(C)CC3)N2c2ccc(-c3ccccc3)cc2)cc1. The Balaban J connectivity index is 1.34. The van der Waals surface area contributed by atoms with Gasteiger partial charge in [0.15, 0.2) is 0 Å². The number of benzene rings is 4. The zero-order valence-electron chi connectivity index (χ0n) is 23.8. The first kappa shape index (κ1) is 26.8. The molecule has 1 fully saturated rings. The summed E-state index contributed by atoms with van der Waals surface area (Å²) in [5.41, 5.74) is 7.70. The number of carbonyl (C=O) groups excluding carboxylic acids is 1. The first-order chi connectivity index (χ1) is 20.0. The molecule has 2 aliphatic heterocycles. The molecular formula is C35H37N5O. The molecular weight excluding hydrogens is 506 g/mol. The van der Waals surface area contributed by atoms with Gasteiger partial charge in [0.05, 0.1) is 18.2 Å². The molecule has 1 amide bonds. The fraction of sp³-hybridized carbons (Fsp3) is 0.257. The number of piperazine rings is 1. The Morgan fingerprint density at radius 1 is 0.805 bits per heavy atom. The van der Waals surface area contributed by atoms with Gasteiger partial charge < -0.3 is 20.0 Å². The average Bonchev–Trinajstić information content (AvgIpc) is 3.01. The summed E-state index contributed by atoms with van der Waals surface area (Å²) in [5, 5.41) is 3.17. The minimum Gasteiger partial charge on any atom is -0.352 e. The fourth-order valence-corrected chi connectivity index (χ4v) is 5.64. The summed E-state index contributed by atoms with van der Waals surface area (Å²) in [7, 11) is 2.16. The summed E-state index contributed by atoms with van der Waals surface area (Å²) in [6.07, 6.45) is 0.329. The van der Waals surface area contributed by atoms with E-state index in [1.54, 1.807) is 0 Å². The summed E-state index contributed by atoms with van der Waals surface area (Å²) in [6, 6.07) is 35.5. The molecule has 4 aromatic carbocycles. The van der Waals surface area contributed by atoms with Gasteiger partial charge in [-0.3, -0.25) is 4.79 Å². The van der Waals surface area contributed by atoms with Crippen LogP contribution in [0, 0.1) is 6.92 Å². The van der Waals surface area contributed by atoms with Crippen molar-refractivity contribution < 1.29 is 4.79 Å². The number of anilines is 1. The van der Waals surface area contributed by atoms with Crippen molar-refractivity contribution in [3.05, 3.63) is 120 Å². The zero-order chi connectivity index (χ0) is 28.2. The number of nitrogens with zero attached hydrogens (tertiary/aromatic N) is 4. The van der Waals surface area contributed by atoms with Crippen LogP contribution in [0.15, 0.2) is 108 Å². The van der Waals surface area contributed by atoms with Crippen molar-refractivity contribution in [2.45, 2.75) is 25.9 Å². The number of carbonyl (C=O) groups is 1. The monoisotopic (exact) mass is 543 g/mol. The summed E-state index contributed by atoms with van der Waals surface area (Å²) >= 11 is 0. The first-order valence-corrected chi connectivity index (χ1v) is 14.4. The van der Waals surface area contributed by atoms with Crippen molar-refractivity contribution >= 4 is 23.2 Å². The van der Waals surface area contributed by atoms with Crippen LogP contribution in [0.5, 0.6) is 0 Å². The molecule has 1 saturated heterocycles. The van der Waals surface area contributed by atoms with Gasteiger partial charge in [-0.25, -0.2) is 4.99 Å². The Hall–Kier alpha value is -4.42. The van der Waals surface area contributed by atoms with E-state index in [0.717, 1.165) is 60.2 Å². The molecule has 1 unspecified atom stereocenters. The second-order valence-corrected chi connectivity index (χ2v) is 11.0. The number of hydrogen-bond acceptors (Lipinski definition) is 5. The molecule has 0 bridgehead atoms. The van der Waals surface area contributed by atoms with Gasteiger partial charge in [0.2, 0.25) is 11.9 Å². The first-order valence-electron chi connectivity index (χ1n) is 14.4. The number of likely N-dealkylation sites (N-methyl/N-ethyl adjacent to an activating group) is 1. The van der Waals surface area contributed by atoms with Crippen molar-refractivity contribution in [1.82, 2.24) is 15.1 Å². The fourth-order valence-electron chi connectivity index (χ4n) is 5.64. The third kappa shape index (κ3) is 6.03. The minimum absolute atomic E-state index is 0.0240. The summed E-state index contributed by atoms with van der Waals surface area (Å²) in [4.78, 5) is 25.7. The second-order valence-electron chi connectivity index (χ2n) is 11.0. The molecule has 6 rings (SSSR count). The van der Waals surface area contributed by atoms with Crippen LogP contribution in [0.4, 0.5) is 11.4 Å². The lowest BCUT2D eigenvalue weighted by molar-refractivity contribution is -0.121. The molecule has 2 heterocycles. The van der Waals surface area contributed by atoms with Crippen molar-refractivity contribution in [3.63, 3.8) is 0 Å². The van der Waals surface area contributed by atoms with Gasteiger partial charge in [0.1, 0.15) is 0 Å². The number of aryl methyl sites for hydroxylation is 1. The normalized spacial score (nSPS) is 17.1. The second kappa shape index (κ2) is 12.0. The molecule has 208 valence electrons. The molecule has 0 aromatic heterocycles. The quantitative estimate of drug-likeness (QED) is 0.316. The molecule has 0 aliphatic carbocycles. The van der Waals surface area contributed by atoms with E-state index in [1.807, 2.05) is 18.2 Å². The van der Waals surface area contributed by atoms with Gasteiger partial charge in [0.25, 0.3) is 0 Å². The average molecular weight is 544 g/mol. The van der Waals surface area contributed by atoms with E-state index in [2.05, 4.69) is 119 Å². The topological polar surface area (TPSA) is 51.2 Å². The highest BCUT2D eigenvalue weighted by Crippen LogP contribution is 2.41. The van der Waals surface area contributed by atoms with E-state index in [9.17, 15) is 4.79 Å². The minimum atomic E-state index is -0.182. The summed E-state index contributed by atoms with van der Waals surface area (Å²) in [6.45, 7) is 6.32. The number of hydrogen-bond donors (Lipinski definition) is 1. The summed E-state index contributed by atoms with van der Waals surface area (Å²) in [5.74, 6) is 0.941. The van der Waals surface area contributed by atoms with E-state index in [0.29, 0.717) is 13.0 Å². The number of guanidine groups is 1. The van der Waals surface area contributed by atoms with Gasteiger partial charge in [0, 0.05) is 44.0 Å². The maximum atomic E-state index is 13.5. The lowest BCUT2D eigenvalue weighted by atomic mass is 9.96. The van der Waals surface area contributed by atoms with Gasteiger partial charge in [-0.1, -0.05) is 90.5 Å². The standard InChI is InChI=1S/C35H37N5O/c1-26-12-14-27(15-13-26)25-36-34(41)24-33-31-10-6-7-11-32(31)37-35(39-22-20-38(2)21-23-39)40(33)30-18-16-29(17-19-30)28-8-4-3-5-9-28/h3-19,33H,20-25H2,1-2H3,(H,36,41). The molecule has 0 radical (unpaired) electrons. The summed E-state index contributed by atoms with van der Waals surface area (Å²) < 4.78 is 0. The van der Waals surface area contributed by atoms with Crippen LogP contribution in [0.1, 0.15) is 29.2 Å². The zero-order valence-corrected chi connectivity index (χ0v) is 23.8. The largest absolute Gasteiger partial charge is 0.352 e. The van der Waals surface area contributed by atoms with Gasteiger partial charge in [-0.05, 0) is 48.9 Å². The number of para-hydroxylation sites is 1. The number of amides is 1. The van der Waals surface area contributed by atoms with Crippen LogP contribution in [0.2, 0.25) is 0 Å². The Morgan fingerprint density at radius 2 is 1.46 bits per heavy atom. The van der Waals surface area contributed by atoms with E-state index in [4.69, 9.17) is 4.99 Å². The number of rotatable bonds is 6. The molecule has 41 heavy (non-hydrogen) atoms. The predicted molar refractivity (Wildman–Crippen MR) is 167 cm³/mol. The lowest BCUT2D eigenvalue weighted by Crippen LogP contribution is -2.54. The highest BCUT2D eigenvalue weighted by Gasteiger charge is 2.36. The molecule has 0 saturated carbocycles. The third-order valence-electron chi connectivity index (χ3n) is 8.07. The highest BCUT2D eigenvalue weighted by atomic mass is 16.1. The molecule has 1 N–H and O–H groups in total. The molecule has 0 spiro atoms. The van der Waals surface area contributed by atoms with Crippen molar-refractivity contribution in [3.8, 4) is 11.1 Å². The maximum absolute atomic E-state index is 13.5. The van der Waals surface area contributed by atoms with E-state index < -0.39 is 0 Å². The molecule has 2 aliphatic rings. The van der Waals surface area contributed by atoms with E-state index in [-0.39, 0.29) is 11.9 Å². The van der Waals surface area contributed by atoms with Crippen LogP contribution >= 0.6 is 0 Å². The van der Waals surface area contributed by atoms with Crippen LogP contribution < -0.4 is 10.2 Å². The lowest BCUT2D eigenvalue weighted by Gasteiger charge is -2.44. The smallest absolute Gasteiger partial charge is 0.222 e. The number of nitrogens with one attached hydrogen (secondary N) is 1. The molecule has 6 heteroatoms. The predicted octanol–water partition coefficient (Wildman–Crippen LogP) is 6.16. The molecule has 4 aromatic rings. The number of fused-ring (bicyclic) bond motifs is 1. The Morgan fingerprint density at radius 3 is 2.20 bits per heavy atom. The Labute approximate surface area is 242 Å². The molecule has 1 atom stereocenters. The van der Waals surface area contributed by atoms with Crippen LogP contribution in [-0.4, -0.2) is 54.9 Å². The van der Waals surface area contributed by atoms with Crippen LogP contribution in [0.25, 0.3) is 11.1 Å². The van der Waals surface area contributed by atoms with Gasteiger partial charge in [-0.2, -0.15) is 0 Å².